The Kier molecular flexibility index (Phi) is 2.74. The first-order valence-corrected chi connectivity index (χ1v) is 3.87. The van der Waals surface area contributed by atoms with Crippen molar-refractivity contribution in [2.24, 2.45) is 0 Å². The number of benzene rings is 1. The minimum Gasteiger partial charge on any atom is -0.465 e. The number of nitrogens with one attached hydrogen (secondary N) is 1. The lowest BCUT2D eigenvalue weighted by Crippen LogP contribution is -2.09. The molecule has 0 saturated heterocycles. The lowest BCUT2D eigenvalue weighted by Gasteiger charge is -2.12. The van der Waals surface area contributed by atoms with Crippen LogP contribution >= 0.6 is 0 Å². The monoisotopic (exact) mass is 180 g/mol. The van der Waals surface area contributed by atoms with Crippen LogP contribution in [0.3, 0.4) is 0 Å². The molecule has 2 N–H and O–H groups in total. The van der Waals surface area contributed by atoms with Crippen molar-refractivity contribution in [2.45, 2.75) is 0 Å². The molecular weight excluding hydrogens is 168 g/mol. The van der Waals surface area contributed by atoms with Crippen LogP contribution < -0.4 is 10.2 Å². The summed E-state index contributed by atoms with van der Waals surface area (Å²) in [4.78, 5) is 12.2. The summed E-state index contributed by atoms with van der Waals surface area (Å²) in [6.07, 6.45) is -1.04. The molecule has 0 aliphatic heterocycles. The Hall–Kier alpha value is -1.71. The number of nitrogens with zero attached hydrogens (tertiary/aromatic N) is 1. The van der Waals surface area contributed by atoms with Crippen molar-refractivity contribution >= 4 is 17.5 Å². The fourth-order valence-corrected chi connectivity index (χ4v) is 0.966. The third-order valence-corrected chi connectivity index (χ3v) is 1.63. The number of hydrogen-bond donors (Lipinski definition) is 2. The second-order valence-corrected chi connectivity index (χ2v) is 2.87. The van der Waals surface area contributed by atoms with E-state index in [0.717, 1.165) is 5.69 Å². The molecule has 1 aromatic carbocycles. The maximum Gasteiger partial charge on any atom is 0.409 e. The molecule has 13 heavy (non-hydrogen) atoms. The van der Waals surface area contributed by atoms with Crippen molar-refractivity contribution in [2.75, 3.05) is 24.3 Å². The second-order valence-electron chi connectivity index (χ2n) is 2.87. The number of amides is 1. The Morgan fingerprint density at radius 1 is 1.31 bits per heavy atom. The Bertz CT molecular complexity index is 293. The van der Waals surface area contributed by atoms with Crippen molar-refractivity contribution < 1.29 is 9.90 Å². The van der Waals surface area contributed by atoms with E-state index in [1.54, 1.807) is 12.1 Å². The van der Waals surface area contributed by atoms with Crippen LogP contribution in [0.5, 0.6) is 0 Å². The standard InChI is InChI=1S/C9H12N2O2/c1-11(2)8-5-3-7(4-6-8)10-9(12)13/h3-6,10H,1-2H3,(H,12,13). The highest BCUT2D eigenvalue weighted by molar-refractivity contribution is 5.83. The van der Waals surface area contributed by atoms with Gasteiger partial charge in [0.15, 0.2) is 0 Å². The van der Waals surface area contributed by atoms with E-state index < -0.39 is 6.09 Å². The molecule has 0 radical (unpaired) electrons. The average Bonchev–Trinajstić information content (AvgIpc) is 2.04. The molecule has 0 heterocycles. The highest BCUT2D eigenvalue weighted by Gasteiger charge is 1.98. The van der Waals surface area contributed by atoms with E-state index in [1.807, 2.05) is 31.1 Å². The van der Waals surface area contributed by atoms with Crippen LogP contribution in [0.15, 0.2) is 24.3 Å². The first kappa shape index (κ1) is 9.38. The molecular formula is C9H12N2O2. The zero-order valence-corrected chi connectivity index (χ0v) is 7.61. The maximum atomic E-state index is 10.3. The summed E-state index contributed by atoms with van der Waals surface area (Å²) in [7, 11) is 3.86. The Morgan fingerprint density at radius 3 is 2.23 bits per heavy atom. The van der Waals surface area contributed by atoms with Gasteiger partial charge in [-0.1, -0.05) is 0 Å². The van der Waals surface area contributed by atoms with Crippen molar-refractivity contribution in [3.8, 4) is 0 Å². The number of carbonyl (C=O) groups is 1. The fourth-order valence-electron chi connectivity index (χ4n) is 0.966. The van der Waals surface area contributed by atoms with E-state index in [4.69, 9.17) is 5.11 Å². The van der Waals surface area contributed by atoms with Crippen LogP contribution in [0.2, 0.25) is 0 Å². The predicted molar refractivity (Wildman–Crippen MR) is 52.4 cm³/mol. The van der Waals surface area contributed by atoms with Crippen LogP contribution in [0.1, 0.15) is 0 Å². The molecule has 0 unspecified atom stereocenters. The Labute approximate surface area is 76.8 Å². The molecule has 1 aromatic rings. The molecule has 1 amide bonds. The topological polar surface area (TPSA) is 52.6 Å². The molecule has 0 saturated carbocycles. The molecule has 0 atom stereocenters. The summed E-state index contributed by atoms with van der Waals surface area (Å²) in [5.74, 6) is 0. The van der Waals surface area contributed by atoms with Gasteiger partial charge in [0, 0.05) is 25.5 Å². The summed E-state index contributed by atoms with van der Waals surface area (Å²) in [6.45, 7) is 0. The molecule has 0 aromatic heterocycles. The SMILES string of the molecule is CN(C)c1ccc(NC(=O)O)cc1. The van der Waals surface area contributed by atoms with Crippen LogP contribution in [0, 0.1) is 0 Å². The van der Waals surface area contributed by atoms with Gasteiger partial charge in [-0.25, -0.2) is 4.79 Å². The van der Waals surface area contributed by atoms with Crippen LogP contribution in [0.25, 0.3) is 0 Å². The van der Waals surface area contributed by atoms with E-state index in [-0.39, 0.29) is 0 Å². The molecule has 70 valence electrons. The molecule has 0 spiro atoms. The molecule has 0 fully saturated rings. The summed E-state index contributed by atoms with van der Waals surface area (Å²) in [5, 5.41) is 10.7. The van der Waals surface area contributed by atoms with Gasteiger partial charge in [-0.15, -0.1) is 0 Å². The van der Waals surface area contributed by atoms with Gasteiger partial charge < -0.3 is 10.0 Å². The van der Waals surface area contributed by atoms with E-state index >= 15 is 0 Å². The van der Waals surface area contributed by atoms with Gasteiger partial charge in [-0.05, 0) is 24.3 Å². The summed E-state index contributed by atoms with van der Waals surface area (Å²) >= 11 is 0. The Balaban J connectivity index is 2.75. The van der Waals surface area contributed by atoms with E-state index in [0.29, 0.717) is 5.69 Å². The van der Waals surface area contributed by atoms with Gasteiger partial charge in [-0.2, -0.15) is 0 Å². The smallest absolute Gasteiger partial charge is 0.409 e. The van der Waals surface area contributed by atoms with Gasteiger partial charge in [0.1, 0.15) is 0 Å². The number of carboxylic acid groups (broad SMARTS) is 1. The molecule has 0 aliphatic carbocycles. The molecule has 0 aliphatic rings. The largest absolute Gasteiger partial charge is 0.465 e. The van der Waals surface area contributed by atoms with Gasteiger partial charge in [0.05, 0.1) is 0 Å². The van der Waals surface area contributed by atoms with E-state index in [2.05, 4.69) is 5.32 Å². The highest BCUT2D eigenvalue weighted by atomic mass is 16.4. The van der Waals surface area contributed by atoms with E-state index in [9.17, 15) is 4.79 Å². The minimum atomic E-state index is -1.04. The number of anilines is 2. The van der Waals surface area contributed by atoms with Gasteiger partial charge >= 0.3 is 6.09 Å². The van der Waals surface area contributed by atoms with Crippen LogP contribution in [0.4, 0.5) is 16.2 Å². The molecule has 4 heteroatoms. The number of hydrogen-bond acceptors (Lipinski definition) is 2. The summed E-state index contributed by atoms with van der Waals surface area (Å²) in [5.41, 5.74) is 1.62. The number of rotatable bonds is 2. The van der Waals surface area contributed by atoms with Gasteiger partial charge in [0.2, 0.25) is 0 Å². The first-order chi connectivity index (χ1) is 6.09. The first-order valence-electron chi connectivity index (χ1n) is 3.87. The lowest BCUT2D eigenvalue weighted by atomic mass is 10.2. The average molecular weight is 180 g/mol. The van der Waals surface area contributed by atoms with Crippen molar-refractivity contribution in [3.63, 3.8) is 0 Å². The summed E-state index contributed by atoms with van der Waals surface area (Å²) in [6, 6.07) is 7.16. The lowest BCUT2D eigenvalue weighted by molar-refractivity contribution is 0.210. The van der Waals surface area contributed by atoms with Gasteiger partial charge in [-0.3, -0.25) is 5.32 Å². The van der Waals surface area contributed by atoms with Crippen molar-refractivity contribution in [3.05, 3.63) is 24.3 Å². The third-order valence-electron chi connectivity index (χ3n) is 1.63. The van der Waals surface area contributed by atoms with Crippen LogP contribution in [-0.2, 0) is 0 Å². The maximum absolute atomic E-state index is 10.3. The van der Waals surface area contributed by atoms with Crippen molar-refractivity contribution in [1.82, 2.24) is 0 Å². The van der Waals surface area contributed by atoms with Gasteiger partial charge in [0.25, 0.3) is 0 Å². The molecule has 1 rings (SSSR count). The zero-order chi connectivity index (χ0) is 9.84. The molecule has 4 nitrogen and oxygen atoms in total. The highest BCUT2D eigenvalue weighted by Crippen LogP contribution is 2.15. The normalized spacial score (nSPS) is 9.38. The minimum absolute atomic E-state index is 0.582. The second kappa shape index (κ2) is 3.80. The quantitative estimate of drug-likeness (QED) is 0.730. The van der Waals surface area contributed by atoms with E-state index in [1.165, 1.54) is 0 Å². The summed E-state index contributed by atoms with van der Waals surface area (Å²) < 4.78 is 0. The predicted octanol–water partition coefficient (Wildman–Crippen LogP) is 1.84. The fraction of sp³-hybridized carbons (Fsp3) is 0.222. The molecule has 0 bridgehead atoms. The van der Waals surface area contributed by atoms with Crippen LogP contribution in [-0.4, -0.2) is 25.3 Å². The third kappa shape index (κ3) is 2.66. The van der Waals surface area contributed by atoms with Crippen molar-refractivity contribution in [1.29, 1.82) is 0 Å². The zero-order valence-electron chi connectivity index (χ0n) is 7.61. The Morgan fingerprint density at radius 2 is 1.85 bits per heavy atom.